The van der Waals surface area contributed by atoms with Gasteiger partial charge in [-0.05, 0) is 48.4 Å². The lowest BCUT2D eigenvalue weighted by Crippen LogP contribution is -2.35. The number of anilines is 4. The molecule has 166 valence electrons. The van der Waals surface area contributed by atoms with Crippen LogP contribution in [0.1, 0.15) is 11.1 Å². The number of carbonyl (C=O) groups is 1. The zero-order chi connectivity index (χ0) is 23.2. The highest BCUT2D eigenvalue weighted by molar-refractivity contribution is 6.34. The largest absolute Gasteiger partial charge is 0.340 e. The van der Waals surface area contributed by atoms with Crippen LogP contribution in [-0.2, 0) is 6.54 Å². The van der Waals surface area contributed by atoms with E-state index in [0.717, 1.165) is 11.1 Å². The standard InChI is InChI=1S/C25H21ClFN5O/c1-17-6-5-9-21(26)24(17)31-25(33)32(15-18-7-3-2-4-8-18)23-14-22(28-16-29-23)30-20-12-10-19(27)11-13-20/h2-14,16H,15H2,1H3,(H,31,33)(H,28,29,30). The van der Waals surface area contributed by atoms with Crippen LogP contribution in [0.4, 0.5) is 32.2 Å². The monoisotopic (exact) mass is 461 g/mol. The van der Waals surface area contributed by atoms with Crippen molar-refractivity contribution in [3.63, 3.8) is 0 Å². The molecule has 33 heavy (non-hydrogen) atoms. The van der Waals surface area contributed by atoms with Gasteiger partial charge in [0, 0.05) is 11.8 Å². The number of hydrogen-bond donors (Lipinski definition) is 2. The zero-order valence-electron chi connectivity index (χ0n) is 17.8. The molecule has 0 aliphatic carbocycles. The number of benzene rings is 3. The summed E-state index contributed by atoms with van der Waals surface area (Å²) < 4.78 is 13.2. The molecule has 0 saturated heterocycles. The second-order valence-corrected chi connectivity index (χ2v) is 7.73. The summed E-state index contributed by atoms with van der Waals surface area (Å²) in [7, 11) is 0. The van der Waals surface area contributed by atoms with Crippen LogP contribution in [0.3, 0.4) is 0 Å². The predicted molar refractivity (Wildman–Crippen MR) is 130 cm³/mol. The second kappa shape index (κ2) is 10.1. The van der Waals surface area contributed by atoms with Crippen LogP contribution in [-0.4, -0.2) is 16.0 Å². The minimum atomic E-state index is -0.388. The summed E-state index contributed by atoms with van der Waals surface area (Å²) in [6, 6.07) is 22.2. The molecule has 0 aliphatic heterocycles. The Bertz CT molecular complexity index is 1230. The molecule has 1 aromatic heterocycles. The molecule has 1 heterocycles. The average molecular weight is 462 g/mol. The summed E-state index contributed by atoms with van der Waals surface area (Å²) in [5.41, 5.74) is 2.97. The van der Waals surface area contributed by atoms with Crippen molar-refractivity contribution in [2.45, 2.75) is 13.5 Å². The molecule has 0 saturated carbocycles. The Morgan fingerprint density at radius 3 is 2.48 bits per heavy atom. The van der Waals surface area contributed by atoms with Gasteiger partial charge in [0.2, 0.25) is 0 Å². The van der Waals surface area contributed by atoms with Crippen LogP contribution in [0, 0.1) is 12.7 Å². The van der Waals surface area contributed by atoms with Crippen molar-refractivity contribution in [3.8, 4) is 0 Å². The molecule has 0 fully saturated rings. The van der Waals surface area contributed by atoms with E-state index in [-0.39, 0.29) is 18.4 Å². The molecule has 0 aliphatic rings. The summed E-state index contributed by atoms with van der Waals surface area (Å²) in [5.74, 6) is 0.525. The molecule has 2 amide bonds. The lowest BCUT2D eigenvalue weighted by atomic mass is 10.2. The Hall–Kier alpha value is -3.97. The van der Waals surface area contributed by atoms with E-state index in [1.54, 1.807) is 24.3 Å². The third-order valence-electron chi connectivity index (χ3n) is 4.93. The van der Waals surface area contributed by atoms with Gasteiger partial charge >= 0.3 is 6.03 Å². The van der Waals surface area contributed by atoms with Crippen LogP contribution in [0.2, 0.25) is 5.02 Å². The van der Waals surface area contributed by atoms with Gasteiger partial charge in [-0.15, -0.1) is 0 Å². The van der Waals surface area contributed by atoms with Crippen LogP contribution < -0.4 is 15.5 Å². The summed E-state index contributed by atoms with van der Waals surface area (Å²) in [5, 5.41) is 6.45. The number of nitrogens with zero attached hydrogens (tertiary/aromatic N) is 3. The highest BCUT2D eigenvalue weighted by atomic mass is 35.5. The summed E-state index contributed by atoms with van der Waals surface area (Å²) in [6.07, 6.45) is 1.37. The molecule has 0 atom stereocenters. The van der Waals surface area contributed by atoms with E-state index < -0.39 is 0 Å². The number of hydrogen-bond acceptors (Lipinski definition) is 4. The molecule has 0 unspecified atom stereocenters. The van der Waals surface area contributed by atoms with E-state index >= 15 is 0 Å². The quantitative estimate of drug-likeness (QED) is 0.341. The first-order chi connectivity index (χ1) is 16.0. The Morgan fingerprint density at radius 2 is 1.76 bits per heavy atom. The second-order valence-electron chi connectivity index (χ2n) is 7.33. The molecule has 4 aromatic rings. The van der Waals surface area contributed by atoms with Crippen molar-refractivity contribution in [1.82, 2.24) is 9.97 Å². The summed E-state index contributed by atoms with van der Waals surface area (Å²) in [4.78, 5) is 23.4. The maximum absolute atomic E-state index is 13.4. The van der Waals surface area contributed by atoms with Crippen molar-refractivity contribution < 1.29 is 9.18 Å². The van der Waals surface area contributed by atoms with Gasteiger partial charge in [0.25, 0.3) is 0 Å². The van der Waals surface area contributed by atoms with Crippen LogP contribution in [0.25, 0.3) is 0 Å². The molecule has 8 heteroatoms. The average Bonchev–Trinajstić information content (AvgIpc) is 2.82. The fourth-order valence-electron chi connectivity index (χ4n) is 3.23. The normalized spacial score (nSPS) is 10.5. The molecule has 4 rings (SSSR count). The van der Waals surface area contributed by atoms with Crippen LogP contribution >= 0.6 is 11.6 Å². The lowest BCUT2D eigenvalue weighted by molar-refractivity contribution is 0.256. The third kappa shape index (κ3) is 5.64. The first-order valence-corrected chi connectivity index (χ1v) is 10.6. The van der Waals surface area contributed by atoms with E-state index in [1.807, 2.05) is 49.4 Å². The number of para-hydroxylation sites is 1. The predicted octanol–water partition coefficient (Wildman–Crippen LogP) is 6.56. The highest BCUT2D eigenvalue weighted by Gasteiger charge is 2.20. The first kappa shape index (κ1) is 22.2. The fraction of sp³-hybridized carbons (Fsp3) is 0.0800. The molecule has 0 spiro atoms. The molecular weight excluding hydrogens is 441 g/mol. The summed E-state index contributed by atoms with van der Waals surface area (Å²) >= 11 is 6.32. The number of halogens is 2. The van der Waals surface area contributed by atoms with Crippen molar-refractivity contribution in [1.29, 1.82) is 0 Å². The Kier molecular flexibility index (Phi) is 6.80. The van der Waals surface area contributed by atoms with E-state index in [1.165, 1.54) is 23.4 Å². The maximum atomic E-state index is 13.4. The van der Waals surface area contributed by atoms with Crippen molar-refractivity contribution >= 4 is 40.6 Å². The Morgan fingerprint density at radius 1 is 1.00 bits per heavy atom. The van der Waals surface area contributed by atoms with Crippen molar-refractivity contribution in [2.75, 3.05) is 15.5 Å². The number of nitrogens with one attached hydrogen (secondary N) is 2. The van der Waals surface area contributed by atoms with E-state index in [4.69, 9.17) is 11.6 Å². The number of rotatable bonds is 6. The van der Waals surface area contributed by atoms with E-state index in [0.29, 0.717) is 28.0 Å². The molecular formula is C25H21ClFN5O. The minimum Gasteiger partial charge on any atom is -0.340 e. The van der Waals surface area contributed by atoms with Gasteiger partial charge in [-0.1, -0.05) is 54.1 Å². The number of aryl methyl sites for hydroxylation is 1. The van der Waals surface area contributed by atoms with Gasteiger partial charge < -0.3 is 10.6 Å². The highest BCUT2D eigenvalue weighted by Crippen LogP contribution is 2.27. The topological polar surface area (TPSA) is 70.2 Å². The molecule has 0 radical (unpaired) electrons. The van der Waals surface area contributed by atoms with E-state index in [9.17, 15) is 9.18 Å². The van der Waals surface area contributed by atoms with Gasteiger partial charge in [0.1, 0.15) is 23.8 Å². The van der Waals surface area contributed by atoms with Crippen molar-refractivity contribution in [2.24, 2.45) is 0 Å². The Balaban J connectivity index is 1.64. The van der Waals surface area contributed by atoms with Crippen molar-refractivity contribution in [3.05, 3.63) is 107 Å². The fourth-order valence-corrected chi connectivity index (χ4v) is 3.50. The molecule has 3 aromatic carbocycles. The number of urea groups is 1. The number of carbonyl (C=O) groups excluding carboxylic acids is 1. The molecule has 2 N–H and O–H groups in total. The van der Waals surface area contributed by atoms with Gasteiger partial charge in [0.05, 0.1) is 17.3 Å². The maximum Gasteiger partial charge on any atom is 0.327 e. The minimum absolute atomic E-state index is 0.281. The van der Waals surface area contributed by atoms with Gasteiger partial charge in [0.15, 0.2) is 0 Å². The number of amides is 2. The molecule has 0 bridgehead atoms. The SMILES string of the molecule is Cc1cccc(Cl)c1NC(=O)N(Cc1ccccc1)c1cc(Nc2ccc(F)cc2)ncn1. The van der Waals surface area contributed by atoms with E-state index in [2.05, 4.69) is 20.6 Å². The van der Waals surface area contributed by atoms with Gasteiger partial charge in [-0.2, -0.15) is 0 Å². The zero-order valence-corrected chi connectivity index (χ0v) is 18.6. The first-order valence-electron chi connectivity index (χ1n) is 10.2. The van der Waals surface area contributed by atoms with Crippen LogP contribution in [0.15, 0.2) is 85.2 Å². The lowest BCUT2D eigenvalue weighted by Gasteiger charge is -2.23. The van der Waals surface area contributed by atoms with Gasteiger partial charge in [-0.3, -0.25) is 4.90 Å². The Labute approximate surface area is 196 Å². The van der Waals surface area contributed by atoms with Gasteiger partial charge in [-0.25, -0.2) is 19.2 Å². The molecule has 6 nitrogen and oxygen atoms in total. The number of aromatic nitrogens is 2. The smallest absolute Gasteiger partial charge is 0.327 e. The van der Waals surface area contributed by atoms with Crippen LogP contribution in [0.5, 0.6) is 0 Å². The summed E-state index contributed by atoms with van der Waals surface area (Å²) in [6.45, 7) is 2.15. The third-order valence-corrected chi connectivity index (χ3v) is 5.24.